The Labute approximate surface area is 107 Å². The molecule has 0 aliphatic rings. The minimum atomic E-state index is 0.619. The molecule has 0 aliphatic carbocycles. The number of hydrogen-bond acceptors (Lipinski definition) is 4. The Morgan fingerprint density at radius 2 is 2.19 bits per heavy atom. The molecule has 0 fully saturated rings. The van der Waals surface area contributed by atoms with Gasteiger partial charge in [0.25, 0.3) is 0 Å². The van der Waals surface area contributed by atoms with E-state index < -0.39 is 0 Å². The molecular weight excluding hydrogens is 286 g/mol. The quantitative estimate of drug-likeness (QED) is 0.948. The van der Waals surface area contributed by atoms with E-state index in [0.29, 0.717) is 6.54 Å². The van der Waals surface area contributed by atoms with Gasteiger partial charge in [-0.1, -0.05) is 33.3 Å². The van der Waals surface area contributed by atoms with Gasteiger partial charge in [-0.05, 0) is 31.2 Å². The fourth-order valence-corrected chi connectivity index (χ4v) is 2.47. The zero-order chi connectivity index (χ0) is 11.5. The molecule has 84 valence electrons. The summed E-state index contributed by atoms with van der Waals surface area (Å²) in [5.41, 5.74) is 7.80. The van der Waals surface area contributed by atoms with E-state index >= 15 is 0 Å². The number of hydrogen-bond donors (Lipinski definition) is 1. The lowest BCUT2D eigenvalue weighted by atomic mass is 10.1. The van der Waals surface area contributed by atoms with E-state index in [0.717, 1.165) is 26.5 Å². The molecule has 0 atom stereocenters. The van der Waals surface area contributed by atoms with E-state index in [2.05, 4.69) is 39.1 Å². The third kappa shape index (κ3) is 2.48. The van der Waals surface area contributed by atoms with Crippen LogP contribution in [0.5, 0.6) is 0 Å². The molecule has 5 heteroatoms. The van der Waals surface area contributed by atoms with Crippen LogP contribution in [0, 0.1) is 6.92 Å². The Bertz CT molecular complexity index is 496. The summed E-state index contributed by atoms with van der Waals surface area (Å²) in [5.74, 6) is 0. The van der Waals surface area contributed by atoms with Crippen LogP contribution in [-0.2, 0) is 6.42 Å². The highest BCUT2D eigenvalue weighted by atomic mass is 79.9. The minimum absolute atomic E-state index is 0.619. The van der Waals surface area contributed by atoms with Crippen molar-refractivity contribution in [3.8, 4) is 10.6 Å². The summed E-state index contributed by atoms with van der Waals surface area (Å²) >= 11 is 5.09. The SMILES string of the molecule is Cc1cc(-c2nnc(CCN)s2)ccc1Br. The summed E-state index contributed by atoms with van der Waals surface area (Å²) < 4.78 is 1.11. The third-order valence-electron chi connectivity index (χ3n) is 2.23. The van der Waals surface area contributed by atoms with Gasteiger partial charge >= 0.3 is 0 Å². The summed E-state index contributed by atoms with van der Waals surface area (Å²) in [6, 6.07) is 6.19. The predicted octanol–water partition coefficient (Wildman–Crippen LogP) is 2.78. The number of nitrogens with zero attached hydrogens (tertiary/aromatic N) is 2. The maximum absolute atomic E-state index is 5.49. The lowest BCUT2D eigenvalue weighted by Crippen LogP contribution is -2.01. The van der Waals surface area contributed by atoms with Crippen LogP contribution in [0.4, 0.5) is 0 Å². The first-order chi connectivity index (χ1) is 7.70. The van der Waals surface area contributed by atoms with E-state index in [1.165, 1.54) is 5.56 Å². The Morgan fingerprint density at radius 1 is 1.38 bits per heavy atom. The van der Waals surface area contributed by atoms with Crippen LogP contribution in [-0.4, -0.2) is 16.7 Å². The maximum Gasteiger partial charge on any atom is 0.147 e. The summed E-state index contributed by atoms with van der Waals surface area (Å²) in [6.45, 7) is 2.68. The first-order valence-electron chi connectivity index (χ1n) is 4.99. The number of aryl methyl sites for hydroxylation is 1. The average molecular weight is 298 g/mol. The molecule has 1 aromatic heterocycles. The number of halogens is 1. The van der Waals surface area contributed by atoms with Crippen molar-refractivity contribution < 1.29 is 0 Å². The van der Waals surface area contributed by atoms with Crippen LogP contribution in [0.25, 0.3) is 10.6 Å². The van der Waals surface area contributed by atoms with Crippen LogP contribution in [0.15, 0.2) is 22.7 Å². The Hall–Kier alpha value is -0.780. The largest absolute Gasteiger partial charge is 0.330 e. The molecule has 1 aromatic carbocycles. The van der Waals surface area contributed by atoms with Gasteiger partial charge in [-0.25, -0.2) is 0 Å². The van der Waals surface area contributed by atoms with Crippen molar-refractivity contribution in [1.29, 1.82) is 0 Å². The molecule has 0 unspecified atom stereocenters. The van der Waals surface area contributed by atoms with E-state index in [9.17, 15) is 0 Å². The van der Waals surface area contributed by atoms with E-state index in [1.807, 2.05) is 12.1 Å². The smallest absolute Gasteiger partial charge is 0.147 e. The Balaban J connectivity index is 2.31. The molecule has 16 heavy (non-hydrogen) atoms. The molecule has 0 saturated carbocycles. The molecule has 0 spiro atoms. The molecule has 0 aliphatic heterocycles. The van der Waals surface area contributed by atoms with Gasteiger partial charge in [-0.3, -0.25) is 0 Å². The van der Waals surface area contributed by atoms with Crippen LogP contribution >= 0.6 is 27.3 Å². The van der Waals surface area contributed by atoms with Gasteiger partial charge in [0, 0.05) is 16.5 Å². The molecule has 2 aromatic rings. The zero-order valence-corrected chi connectivity index (χ0v) is 11.3. The monoisotopic (exact) mass is 297 g/mol. The Morgan fingerprint density at radius 3 is 2.88 bits per heavy atom. The van der Waals surface area contributed by atoms with Gasteiger partial charge in [0.2, 0.25) is 0 Å². The lowest BCUT2D eigenvalue weighted by Gasteiger charge is -1.99. The van der Waals surface area contributed by atoms with Crippen molar-refractivity contribution in [3.63, 3.8) is 0 Å². The van der Waals surface area contributed by atoms with Crippen molar-refractivity contribution in [2.24, 2.45) is 5.73 Å². The fourth-order valence-electron chi connectivity index (χ4n) is 1.37. The molecule has 0 bridgehead atoms. The summed E-state index contributed by atoms with van der Waals surface area (Å²) in [6.07, 6.45) is 0.799. The topological polar surface area (TPSA) is 51.8 Å². The standard InChI is InChI=1S/C11H12BrN3S/c1-7-6-8(2-3-9(7)12)11-15-14-10(16-11)4-5-13/h2-3,6H,4-5,13H2,1H3. The van der Waals surface area contributed by atoms with Crippen LogP contribution in [0.2, 0.25) is 0 Å². The van der Waals surface area contributed by atoms with Crippen molar-refractivity contribution in [1.82, 2.24) is 10.2 Å². The lowest BCUT2D eigenvalue weighted by molar-refractivity contribution is 0.913. The van der Waals surface area contributed by atoms with Gasteiger partial charge in [0.05, 0.1) is 0 Å². The molecule has 2 N–H and O–H groups in total. The predicted molar refractivity (Wildman–Crippen MR) is 70.5 cm³/mol. The van der Waals surface area contributed by atoms with E-state index in [4.69, 9.17) is 5.73 Å². The third-order valence-corrected chi connectivity index (χ3v) is 4.15. The molecular formula is C11H12BrN3S. The van der Waals surface area contributed by atoms with Gasteiger partial charge in [-0.15, -0.1) is 10.2 Å². The second kappa shape index (κ2) is 5.03. The fraction of sp³-hybridized carbons (Fsp3) is 0.273. The first kappa shape index (κ1) is 11.7. The normalized spacial score (nSPS) is 10.7. The number of nitrogens with two attached hydrogens (primary N) is 1. The number of rotatable bonds is 3. The van der Waals surface area contributed by atoms with Crippen LogP contribution < -0.4 is 5.73 Å². The second-order valence-electron chi connectivity index (χ2n) is 3.50. The van der Waals surface area contributed by atoms with Gasteiger partial charge in [0.15, 0.2) is 0 Å². The van der Waals surface area contributed by atoms with Crippen LogP contribution in [0.1, 0.15) is 10.6 Å². The van der Waals surface area contributed by atoms with Gasteiger partial charge in [-0.2, -0.15) is 0 Å². The highest BCUT2D eigenvalue weighted by Crippen LogP contribution is 2.27. The number of benzene rings is 1. The average Bonchev–Trinajstić information content (AvgIpc) is 2.71. The van der Waals surface area contributed by atoms with Crippen LogP contribution in [0.3, 0.4) is 0 Å². The highest BCUT2D eigenvalue weighted by Gasteiger charge is 2.07. The van der Waals surface area contributed by atoms with E-state index in [-0.39, 0.29) is 0 Å². The molecule has 3 nitrogen and oxygen atoms in total. The zero-order valence-electron chi connectivity index (χ0n) is 8.90. The number of aromatic nitrogens is 2. The summed E-state index contributed by atoms with van der Waals surface area (Å²) in [7, 11) is 0. The molecule has 1 heterocycles. The molecule has 0 radical (unpaired) electrons. The van der Waals surface area contributed by atoms with Crippen molar-refractivity contribution in [3.05, 3.63) is 33.2 Å². The Kier molecular flexibility index (Phi) is 3.68. The first-order valence-corrected chi connectivity index (χ1v) is 6.60. The van der Waals surface area contributed by atoms with Crippen molar-refractivity contribution in [2.45, 2.75) is 13.3 Å². The summed E-state index contributed by atoms with van der Waals surface area (Å²) in [5, 5.41) is 10.2. The molecule has 2 rings (SSSR count). The highest BCUT2D eigenvalue weighted by molar-refractivity contribution is 9.10. The molecule has 0 amide bonds. The molecule has 0 saturated heterocycles. The van der Waals surface area contributed by atoms with Gasteiger partial charge in [0.1, 0.15) is 10.0 Å². The van der Waals surface area contributed by atoms with Crippen molar-refractivity contribution in [2.75, 3.05) is 6.54 Å². The maximum atomic E-state index is 5.49. The second-order valence-corrected chi connectivity index (χ2v) is 5.42. The van der Waals surface area contributed by atoms with Gasteiger partial charge < -0.3 is 5.73 Å². The van der Waals surface area contributed by atoms with E-state index in [1.54, 1.807) is 11.3 Å². The summed E-state index contributed by atoms with van der Waals surface area (Å²) in [4.78, 5) is 0. The van der Waals surface area contributed by atoms with Crippen molar-refractivity contribution >= 4 is 27.3 Å². The minimum Gasteiger partial charge on any atom is -0.330 e.